The molecule has 0 unspecified atom stereocenters. The van der Waals surface area contributed by atoms with Crippen molar-refractivity contribution in [3.05, 3.63) is 11.6 Å². The number of hydrogen-bond donors (Lipinski definition) is 0. The summed E-state index contributed by atoms with van der Waals surface area (Å²) in [7, 11) is 0. The Balaban J connectivity index is 2.63. The molecule has 1 aromatic heterocycles. The average molecular weight is 183 g/mol. The molecule has 0 atom stereocenters. The van der Waals surface area contributed by atoms with Crippen LogP contribution in [0.25, 0.3) is 0 Å². The van der Waals surface area contributed by atoms with Crippen molar-refractivity contribution in [3.63, 3.8) is 0 Å². The zero-order chi connectivity index (χ0) is 9.84. The third-order valence-electron chi connectivity index (χ3n) is 1.55. The van der Waals surface area contributed by atoms with E-state index in [9.17, 15) is 4.79 Å². The van der Waals surface area contributed by atoms with Gasteiger partial charge in [-0.15, -0.1) is 0 Å². The van der Waals surface area contributed by atoms with Crippen LogP contribution in [0.15, 0.2) is 0 Å². The summed E-state index contributed by atoms with van der Waals surface area (Å²) < 4.78 is 6.32. The lowest BCUT2D eigenvalue weighted by molar-refractivity contribution is -0.144. The van der Waals surface area contributed by atoms with Crippen molar-refractivity contribution in [1.29, 1.82) is 0 Å². The molecule has 5 heteroatoms. The zero-order valence-corrected chi connectivity index (χ0v) is 8.07. The second-order valence-corrected chi connectivity index (χ2v) is 2.67. The number of ether oxygens (including phenoxy) is 1. The van der Waals surface area contributed by atoms with Crippen LogP contribution >= 0.6 is 0 Å². The largest absolute Gasteiger partial charge is 0.465 e. The van der Waals surface area contributed by atoms with E-state index in [1.807, 2.05) is 0 Å². The van der Waals surface area contributed by atoms with Crippen molar-refractivity contribution in [2.24, 2.45) is 0 Å². The van der Waals surface area contributed by atoms with Gasteiger partial charge in [0.15, 0.2) is 0 Å². The predicted molar refractivity (Wildman–Crippen MR) is 46.1 cm³/mol. The van der Waals surface area contributed by atoms with E-state index in [1.165, 1.54) is 4.68 Å². The number of carbonyl (C=O) groups is 1. The Morgan fingerprint density at radius 2 is 2.23 bits per heavy atom. The van der Waals surface area contributed by atoms with E-state index < -0.39 is 0 Å². The Hall–Kier alpha value is -1.39. The van der Waals surface area contributed by atoms with Crippen LogP contribution in [-0.2, 0) is 16.1 Å². The summed E-state index contributed by atoms with van der Waals surface area (Å²) in [6.07, 6.45) is 0. The van der Waals surface area contributed by atoms with Crippen molar-refractivity contribution in [2.75, 3.05) is 6.61 Å². The van der Waals surface area contributed by atoms with Gasteiger partial charge < -0.3 is 4.74 Å². The summed E-state index contributed by atoms with van der Waals surface area (Å²) in [5, 5.41) is 4.04. The molecular formula is C8H13N3O2. The fourth-order valence-corrected chi connectivity index (χ4v) is 1.04. The Bertz CT molecular complexity index is 306. The van der Waals surface area contributed by atoms with Crippen LogP contribution < -0.4 is 0 Å². The normalized spacial score (nSPS) is 10.1. The molecule has 0 radical (unpaired) electrons. The number of carbonyl (C=O) groups excluding carboxylic acids is 1. The molecule has 72 valence electrons. The first-order chi connectivity index (χ1) is 6.13. The van der Waals surface area contributed by atoms with E-state index in [1.54, 1.807) is 20.8 Å². The monoisotopic (exact) mass is 183 g/mol. The molecule has 0 aliphatic heterocycles. The van der Waals surface area contributed by atoms with Gasteiger partial charge in [0.2, 0.25) is 0 Å². The molecular weight excluding hydrogens is 170 g/mol. The summed E-state index contributed by atoms with van der Waals surface area (Å²) in [5.74, 6) is 1.11. The highest BCUT2D eigenvalue weighted by Gasteiger charge is 2.07. The SMILES string of the molecule is CCOC(=O)Cn1nc(C)nc1C. The van der Waals surface area contributed by atoms with E-state index in [2.05, 4.69) is 10.1 Å². The van der Waals surface area contributed by atoms with Crippen LogP contribution in [0.2, 0.25) is 0 Å². The number of hydrogen-bond acceptors (Lipinski definition) is 4. The lowest BCUT2D eigenvalue weighted by Crippen LogP contribution is -2.15. The highest BCUT2D eigenvalue weighted by molar-refractivity contribution is 5.69. The van der Waals surface area contributed by atoms with Crippen molar-refractivity contribution < 1.29 is 9.53 Å². The van der Waals surface area contributed by atoms with Crippen molar-refractivity contribution in [1.82, 2.24) is 14.8 Å². The second kappa shape index (κ2) is 4.02. The third kappa shape index (κ3) is 2.54. The molecule has 1 aromatic rings. The number of aryl methyl sites for hydroxylation is 2. The van der Waals surface area contributed by atoms with Gasteiger partial charge in [-0.25, -0.2) is 9.67 Å². The van der Waals surface area contributed by atoms with E-state index >= 15 is 0 Å². The standard InChI is InChI=1S/C8H13N3O2/c1-4-13-8(12)5-11-7(3)9-6(2)10-11/h4-5H2,1-3H3. The highest BCUT2D eigenvalue weighted by atomic mass is 16.5. The minimum atomic E-state index is -0.282. The van der Waals surface area contributed by atoms with Crippen LogP contribution in [0.3, 0.4) is 0 Å². The lowest BCUT2D eigenvalue weighted by atomic mass is 10.6. The lowest BCUT2D eigenvalue weighted by Gasteiger charge is -2.02. The molecule has 0 aliphatic rings. The average Bonchev–Trinajstić information content (AvgIpc) is 2.30. The summed E-state index contributed by atoms with van der Waals surface area (Å²) in [6.45, 7) is 5.90. The van der Waals surface area contributed by atoms with E-state index in [0.717, 1.165) is 5.82 Å². The van der Waals surface area contributed by atoms with Gasteiger partial charge in [-0.2, -0.15) is 5.10 Å². The van der Waals surface area contributed by atoms with Gasteiger partial charge in [0.1, 0.15) is 18.2 Å². The molecule has 0 fully saturated rings. The molecule has 0 bridgehead atoms. The van der Waals surface area contributed by atoms with E-state index in [4.69, 9.17) is 4.74 Å². The van der Waals surface area contributed by atoms with Crippen molar-refractivity contribution in [2.45, 2.75) is 27.3 Å². The highest BCUT2D eigenvalue weighted by Crippen LogP contribution is 1.96. The molecule has 0 saturated carbocycles. The van der Waals surface area contributed by atoms with Gasteiger partial charge in [-0.05, 0) is 20.8 Å². The molecule has 0 amide bonds. The third-order valence-corrected chi connectivity index (χ3v) is 1.55. The molecule has 0 saturated heterocycles. The Morgan fingerprint density at radius 1 is 1.54 bits per heavy atom. The Morgan fingerprint density at radius 3 is 2.69 bits per heavy atom. The summed E-state index contributed by atoms with van der Waals surface area (Å²) >= 11 is 0. The first-order valence-electron chi connectivity index (χ1n) is 4.17. The molecule has 13 heavy (non-hydrogen) atoms. The zero-order valence-electron chi connectivity index (χ0n) is 8.07. The van der Waals surface area contributed by atoms with Crippen LogP contribution in [0.4, 0.5) is 0 Å². The number of rotatable bonds is 3. The quantitative estimate of drug-likeness (QED) is 0.639. The van der Waals surface area contributed by atoms with E-state index in [-0.39, 0.29) is 12.5 Å². The maximum atomic E-state index is 11.1. The minimum absolute atomic E-state index is 0.139. The maximum Gasteiger partial charge on any atom is 0.327 e. The van der Waals surface area contributed by atoms with Gasteiger partial charge >= 0.3 is 5.97 Å². The van der Waals surface area contributed by atoms with Gasteiger partial charge in [0.25, 0.3) is 0 Å². The fraction of sp³-hybridized carbons (Fsp3) is 0.625. The van der Waals surface area contributed by atoms with Crippen LogP contribution in [-0.4, -0.2) is 27.3 Å². The predicted octanol–water partition coefficient (Wildman–Crippen LogP) is 0.458. The molecule has 0 N–H and O–H groups in total. The number of esters is 1. The van der Waals surface area contributed by atoms with Gasteiger partial charge in [0.05, 0.1) is 6.61 Å². The first kappa shape index (κ1) is 9.70. The summed E-state index contributed by atoms with van der Waals surface area (Å²) in [4.78, 5) is 15.1. The number of nitrogens with zero attached hydrogens (tertiary/aromatic N) is 3. The van der Waals surface area contributed by atoms with Gasteiger partial charge in [-0.3, -0.25) is 4.79 Å². The Kier molecular flexibility index (Phi) is 3.00. The van der Waals surface area contributed by atoms with E-state index in [0.29, 0.717) is 12.4 Å². The number of aromatic nitrogens is 3. The second-order valence-electron chi connectivity index (χ2n) is 2.67. The molecule has 5 nitrogen and oxygen atoms in total. The molecule has 0 aromatic carbocycles. The van der Waals surface area contributed by atoms with Crippen LogP contribution in [0, 0.1) is 13.8 Å². The summed E-state index contributed by atoms with van der Waals surface area (Å²) in [6, 6.07) is 0. The van der Waals surface area contributed by atoms with Crippen molar-refractivity contribution in [3.8, 4) is 0 Å². The van der Waals surface area contributed by atoms with Crippen molar-refractivity contribution >= 4 is 5.97 Å². The van der Waals surface area contributed by atoms with Crippen LogP contribution in [0.1, 0.15) is 18.6 Å². The maximum absolute atomic E-state index is 11.1. The molecule has 1 rings (SSSR count). The topological polar surface area (TPSA) is 57.0 Å². The van der Waals surface area contributed by atoms with Crippen LogP contribution in [0.5, 0.6) is 0 Å². The molecule has 0 spiro atoms. The summed E-state index contributed by atoms with van der Waals surface area (Å²) in [5.41, 5.74) is 0. The fourth-order valence-electron chi connectivity index (χ4n) is 1.04. The van der Waals surface area contributed by atoms with Gasteiger partial charge in [-0.1, -0.05) is 0 Å². The first-order valence-corrected chi connectivity index (χ1v) is 4.17. The van der Waals surface area contributed by atoms with Gasteiger partial charge in [0, 0.05) is 0 Å². The Labute approximate surface area is 76.7 Å². The minimum Gasteiger partial charge on any atom is -0.465 e. The molecule has 1 heterocycles. The molecule has 0 aliphatic carbocycles. The smallest absolute Gasteiger partial charge is 0.327 e.